The van der Waals surface area contributed by atoms with Gasteiger partial charge in [-0.25, -0.2) is 0 Å². The Morgan fingerprint density at radius 2 is 0.875 bits per heavy atom. The van der Waals surface area contributed by atoms with Crippen LogP contribution in [0.15, 0.2) is 36.4 Å². The summed E-state index contributed by atoms with van der Waals surface area (Å²) in [6.07, 6.45) is 3.11. The molecule has 2 amide bonds. The molecule has 0 unspecified atom stereocenters. The minimum atomic E-state index is -0.168. The van der Waals surface area contributed by atoms with Crippen molar-refractivity contribution in [3.05, 3.63) is 47.5 Å². The topological polar surface area (TPSA) is 95.1 Å². The van der Waals surface area contributed by atoms with Crippen molar-refractivity contribution >= 4 is 11.8 Å². The summed E-state index contributed by atoms with van der Waals surface area (Å²) in [7, 11) is 6.20. The predicted molar refractivity (Wildman–Crippen MR) is 120 cm³/mol. The van der Waals surface area contributed by atoms with Crippen LogP contribution >= 0.6 is 0 Å². The van der Waals surface area contributed by atoms with Crippen molar-refractivity contribution in [3.63, 3.8) is 0 Å². The van der Waals surface area contributed by atoms with Gasteiger partial charge in [0.25, 0.3) is 11.8 Å². The first-order valence-corrected chi connectivity index (χ1v) is 10.5. The van der Waals surface area contributed by atoms with Gasteiger partial charge in [0.05, 0.1) is 28.4 Å². The van der Waals surface area contributed by atoms with E-state index >= 15 is 0 Å². The second-order valence-corrected chi connectivity index (χ2v) is 7.70. The molecule has 1 fully saturated rings. The highest BCUT2D eigenvalue weighted by Gasteiger charge is 2.25. The van der Waals surface area contributed by atoms with Gasteiger partial charge in [-0.2, -0.15) is 0 Å². The van der Waals surface area contributed by atoms with Gasteiger partial charge in [-0.05, 0) is 49.9 Å². The van der Waals surface area contributed by atoms with Gasteiger partial charge in [-0.1, -0.05) is 0 Å². The number of carbonyl (C=O) groups is 2. The van der Waals surface area contributed by atoms with E-state index in [9.17, 15) is 9.59 Å². The van der Waals surface area contributed by atoms with E-state index in [1.807, 2.05) is 0 Å². The molecule has 0 saturated heterocycles. The molecule has 1 aliphatic carbocycles. The van der Waals surface area contributed by atoms with E-state index in [-0.39, 0.29) is 23.9 Å². The number of nitrogens with one attached hydrogen (secondary N) is 2. The molecule has 8 nitrogen and oxygen atoms in total. The lowest BCUT2D eigenvalue weighted by molar-refractivity contribution is 0.0891. The Kier molecular flexibility index (Phi) is 7.81. The Balaban J connectivity index is 1.54. The normalized spacial score (nSPS) is 17.8. The predicted octanol–water partition coefficient (Wildman–Crippen LogP) is 3.19. The molecule has 32 heavy (non-hydrogen) atoms. The van der Waals surface area contributed by atoms with E-state index in [0.29, 0.717) is 34.1 Å². The van der Waals surface area contributed by atoms with Gasteiger partial charge in [0.15, 0.2) is 0 Å². The van der Waals surface area contributed by atoms with Gasteiger partial charge in [0.1, 0.15) is 23.0 Å². The zero-order chi connectivity index (χ0) is 23.1. The second kappa shape index (κ2) is 10.7. The molecular weight excluding hydrogens is 412 g/mol. The number of methoxy groups -OCH3 is 4. The van der Waals surface area contributed by atoms with E-state index in [4.69, 9.17) is 18.9 Å². The van der Waals surface area contributed by atoms with Crippen molar-refractivity contribution in [2.24, 2.45) is 0 Å². The summed E-state index contributed by atoms with van der Waals surface area (Å²) < 4.78 is 21.0. The van der Waals surface area contributed by atoms with Crippen LogP contribution in [-0.4, -0.2) is 52.3 Å². The zero-order valence-corrected chi connectivity index (χ0v) is 18.9. The molecule has 0 atom stereocenters. The molecule has 172 valence electrons. The highest BCUT2D eigenvalue weighted by atomic mass is 16.5. The van der Waals surface area contributed by atoms with Crippen molar-refractivity contribution in [1.29, 1.82) is 0 Å². The number of hydrogen-bond donors (Lipinski definition) is 2. The molecule has 8 heteroatoms. The Labute approximate surface area is 188 Å². The smallest absolute Gasteiger partial charge is 0.251 e. The van der Waals surface area contributed by atoms with E-state index in [1.54, 1.807) is 64.8 Å². The molecule has 0 radical (unpaired) electrons. The van der Waals surface area contributed by atoms with E-state index in [1.165, 1.54) is 0 Å². The standard InChI is InChI=1S/C24H30N2O6/c1-29-19-9-15(10-20(13-19)30-2)23(27)25-17-5-7-18(8-6-17)26-24(28)16-11-21(31-3)14-22(12-16)32-4/h9-14,17-18H,5-8H2,1-4H3,(H,25,27)(H,26,28). The number of hydrogen-bond acceptors (Lipinski definition) is 6. The summed E-state index contributed by atoms with van der Waals surface area (Å²) in [4.78, 5) is 25.4. The first kappa shape index (κ1) is 23.2. The molecule has 0 aliphatic heterocycles. The molecular formula is C24H30N2O6. The lowest BCUT2D eigenvalue weighted by Gasteiger charge is -2.29. The molecule has 1 aliphatic rings. The molecule has 3 rings (SSSR count). The minimum Gasteiger partial charge on any atom is -0.497 e. The van der Waals surface area contributed by atoms with Gasteiger partial charge in [0, 0.05) is 35.3 Å². The largest absolute Gasteiger partial charge is 0.497 e. The van der Waals surface area contributed by atoms with Crippen molar-refractivity contribution in [2.75, 3.05) is 28.4 Å². The van der Waals surface area contributed by atoms with Gasteiger partial charge in [-0.15, -0.1) is 0 Å². The summed E-state index contributed by atoms with van der Waals surface area (Å²) >= 11 is 0. The summed E-state index contributed by atoms with van der Waals surface area (Å²) in [6.45, 7) is 0. The Morgan fingerprint density at radius 3 is 1.12 bits per heavy atom. The first-order valence-electron chi connectivity index (χ1n) is 10.5. The zero-order valence-electron chi connectivity index (χ0n) is 18.9. The highest BCUT2D eigenvalue weighted by Crippen LogP contribution is 2.25. The monoisotopic (exact) mass is 442 g/mol. The Bertz CT molecular complexity index is 832. The molecule has 2 N–H and O–H groups in total. The lowest BCUT2D eigenvalue weighted by atomic mass is 9.90. The minimum absolute atomic E-state index is 0.0461. The van der Waals surface area contributed by atoms with Crippen molar-refractivity contribution in [3.8, 4) is 23.0 Å². The van der Waals surface area contributed by atoms with Crippen LogP contribution in [0.25, 0.3) is 0 Å². The molecule has 0 aromatic heterocycles. The second-order valence-electron chi connectivity index (χ2n) is 7.70. The van der Waals surface area contributed by atoms with Crippen LogP contribution in [-0.2, 0) is 0 Å². The first-order chi connectivity index (χ1) is 15.4. The van der Waals surface area contributed by atoms with Crippen LogP contribution in [0.2, 0.25) is 0 Å². The quantitative estimate of drug-likeness (QED) is 0.652. The fourth-order valence-electron chi connectivity index (χ4n) is 3.80. The number of carbonyl (C=O) groups excluding carboxylic acids is 2. The van der Waals surface area contributed by atoms with Crippen molar-refractivity contribution in [2.45, 2.75) is 37.8 Å². The van der Waals surface area contributed by atoms with Crippen LogP contribution in [0.3, 0.4) is 0 Å². The maximum atomic E-state index is 12.7. The Hall–Kier alpha value is -3.42. The number of ether oxygens (including phenoxy) is 4. The fourth-order valence-corrected chi connectivity index (χ4v) is 3.80. The van der Waals surface area contributed by atoms with Crippen LogP contribution < -0.4 is 29.6 Å². The van der Waals surface area contributed by atoms with Gasteiger partial charge >= 0.3 is 0 Å². The lowest BCUT2D eigenvalue weighted by Crippen LogP contribution is -2.43. The van der Waals surface area contributed by atoms with Gasteiger partial charge < -0.3 is 29.6 Å². The SMILES string of the molecule is COc1cc(OC)cc(C(=O)NC2CCC(NC(=O)c3cc(OC)cc(OC)c3)CC2)c1. The van der Waals surface area contributed by atoms with Crippen LogP contribution in [0.5, 0.6) is 23.0 Å². The molecule has 2 aromatic carbocycles. The Morgan fingerprint density at radius 1 is 0.594 bits per heavy atom. The number of rotatable bonds is 8. The number of benzene rings is 2. The number of amides is 2. The van der Waals surface area contributed by atoms with Crippen LogP contribution in [0, 0.1) is 0 Å². The van der Waals surface area contributed by atoms with Crippen molar-refractivity contribution < 1.29 is 28.5 Å². The summed E-state index contributed by atoms with van der Waals surface area (Å²) in [5.74, 6) is 1.92. The summed E-state index contributed by atoms with van der Waals surface area (Å²) in [5.41, 5.74) is 0.979. The maximum Gasteiger partial charge on any atom is 0.251 e. The van der Waals surface area contributed by atoms with Gasteiger partial charge in [-0.3, -0.25) is 9.59 Å². The van der Waals surface area contributed by atoms with E-state index in [2.05, 4.69) is 10.6 Å². The molecule has 0 spiro atoms. The maximum absolute atomic E-state index is 12.7. The van der Waals surface area contributed by atoms with Crippen LogP contribution in [0.4, 0.5) is 0 Å². The summed E-state index contributed by atoms with van der Waals surface area (Å²) in [6, 6.07) is 10.3. The third-order valence-corrected chi connectivity index (χ3v) is 5.62. The third kappa shape index (κ3) is 5.84. The molecule has 2 aromatic rings. The average Bonchev–Trinajstić information content (AvgIpc) is 2.84. The highest BCUT2D eigenvalue weighted by molar-refractivity contribution is 5.96. The van der Waals surface area contributed by atoms with Crippen molar-refractivity contribution in [1.82, 2.24) is 10.6 Å². The van der Waals surface area contributed by atoms with E-state index in [0.717, 1.165) is 25.7 Å². The third-order valence-electron chi connectivity index (χ3n) is 5.62. The molecule has 1 saturated carbocycles. The average molecular weight is 443 g/mol. The molecule has 0 bridgehead atoms. The summed E-state index contributed by atoms with van der Waals surface area (Å²) in [5, 5.41) is 6.16. The van der Waals surface area contributed by atoms with Crippen LogP contribution in [0.1, 0.15) is 46.4 Å². The van der Waals surface area contributed by atoms with E-state index < -0.39 is 0 Å². The molecule has 0 heterocycles. The fraction of sp³-hybridized carbons (Fsp3) is 0.417. The van der Waals surface area contributed by atoms with Gasteiger partial charge in [0.2, 0.25) is 0 Å².